The molecule has 0 aliphatic carbocycles. The number of thiazole rings is 1. The molecule has 2 aromatic heterocycles. The van der Waals surface area contributed by atoms with Crippen molar-refractivity contribution in [1.82, 2.24) is 4.98 Å². The van der Waals surface area contributed by atoms with E-state index in [9.17, 15) is 9.59 Å². The van der Waals surface area contributed by atoms with Gasteiger partial charge in [0.25, 0.3) is 5.91 Å². The molecule has 0 aliphatic heterocycles. The van der Waals surface area contributed by atoms with Crippen LogP contribution in [0.2, 0.25) is 0 Å². The van der Waals surface area contributed by atoms with Gasteiger partial charge in [-0.1, -0.05) is 29.0 Å². The Bertz CT molecular complexity index is 975. The number of hydrogen-bond acceptors (Lipinski definition) is 7. The van der Waals surface area contributed by atoms with Crippen LogP contribution in [0.25, 0.3) is 9.53 Å². The first-order valence-corrected chi connectivity index (χ1v) is 10.0. The SMILES string of the molecule is Cc1ccc(NC(=O)[C@@H](C)OC(=O)c2cc3sc(N(C)C)nc3s2)c(C)c1. The lowest BCUT2D eigenvalue weighted by Crippen LogP contribution is -2.30. The molecule has 6 nitrogen and oxygen atoms in total. The van der Waals surface area contributed by atoms with Gasteiger partial charge in [-0.25, -0.2) is 9.78 Å². The molecule has 3 aromatic rings. The molecule has 8 heteroatoms. The van der Waals surface area contributed by atoms with Gasteiger partial charge in [0.1, 0.15) is 9.71 Å². The molecular formula is C19H21N3O3S2. The van der Waals surface area contributed by atoms with Gasteiger partial charge >= 0.3 is 5.97 Å². The first kappa shape index (κ1) is 19.3. The Labute approximate surface area is 165 Å². The summed E-state index contributed by atoms with van der Waals surface area (Å²) in [6.45, 7) is 5.48. The lowest BCUT2D eigenvalue weighted by Gasteiger charge is -2.14. The minimum Gasteiger partial charge on any atom is -0.448 e. The van der Waals surface area contributed by atoms with Crippen molar-refractivity contribution in [2.24, 2.45) is 0 Å². The number of fused-ring (bicyclic) bond motifs is 1. The molecule has 0 saturated heterocycles. The predicted molar refractivity (Wildman–Crippen MR) is 111 cm³/mol. The van der Waals surface area contributed by atoms with Gasteiger partial charge in [-0.15, -0.1) is 11.3 Å². The van der Waals surface area contributed by atoms with Crippen LogP contribution in [0.4, 0.5) is 10.8 Å². The third-order valence-electron chi connectivity index (χ3n) is 3.95. The van der Waals surface area contributed by atoms with Gasteiger partial charge in [0.05, 0.1) is 4.70 Å². The number of rotatable bonds is 5. The van der Waals surface area contributed by atoms with Gasteiger partial charge in [-0.05, 0) is 38.5 Å². The fraction of sp³-hybridized carbons (Fsp3) is 0.316. The summed E-state index contributed by atoms with van der Waals surface area (Å²) >= 11 is 2.78. The number of esters is 1. The second-order valence-electron chi connectivity index (χ2n) is 6.53. The zero-order valence-corrected chi connectivity index (χ0v) is 17.5. The smallest absolute Gasteiger partial charge is 0.349 e. The Hall–Kier alpha value is -2.45. The normalized spacial score (nSPS) is 12.0. The molecular weight excluding hydrogens is 382 g/mol. The largest absolute Gasteiger partial charge is 0.448 e. The van der Waals surface area contributed by atoms with Crippen LogP contribution in [-0.2, 0) is 9.53 Å². The number of ether oxygens (including phenoxy) is 1. The Morgan fingerprint density at radius 3 is 2.56 bits per heavy atom. The molecule has 27 heavy (non-hydrogen) atoms. The third-order valence-corrected chi connectivity index (χ3v) is 6.26. The standard InChI is InChI=1S/C19H21N3O3S2/c1-10-6-7-13(11(2)8-10)20-16(23)12(3)25-18(24)15-9-14-17(26-15)21-19(27-14)22(4)5/h6-9,12H,1-5H3,(H,20,23)/t12-/m1/s1. The maximum absolute atomic E-state index is 12.4. The molecule has 1 aromatic carbocycles. The van der Waals surface area contributed by atoms with E-state index in [0.29, 0.717) is 10.6 Å². The highest BCUT2D eigenvalue weighted by atomic mass is 32.1. The number of amides is 1. The number of hydrogen-bond donors (Lipinski definition) is 1. The summed E-state index contributed by atoms with van der Waals surface area (Å²) in [6, 6.07) is 7.52. The molecule has 0 radical (unpaired) electrons. The summed E-state index contributed by atoms with van der Waals surface area (Å²) in [4.78, 5) is 32.4. The number of thiophene rings is 1. The van der Waals surface area contributed by atoms with Crippen molar-refractivity contribution in [2.75, 3.05) is 24.3 Å². The molecule has 1 N–H and O–H groups in total. The van der Waals surface area contributed by atoms with E-state index in [4.69, 9.17) is 4.74 Å². The van der Waals surface area contributed by atoms with E-state index in [0.717, 1.165) is 25.8 Å². The minimum atomic E-state index is -0.899. The van der Waals surface area contributed by atoms with Crippen LogP contribution in [0.15, 0.2) is 24.3 Å². The average Bonchev–Trinajstić information content (AvgIpc) is 3.16. The second-order valence-corrected chi connectivity index (χ2v) is 8.57. The number of carbonyl (C=O) groups excluding carboxylic acids is 2. The fourth-order valence-corrected chi connectivity index (χ4v) is 4.49. The number of nitrogens with one attached hydrogen (secondary N) is 1. The molecule has 0 unspecified atom stereocenters. The quantitative estimate of drug-likeness (QED) is 0.646. The van der Waals surface area contributed by atoms with Crippen LogP contribution in [0.5, 0.6) is 0 Å². The van der Waals surface area contributed by atoms with Crippen molar-refractivity contribution in [3.8, 4) is 0 Å². The molecule has 0 saturated carbocycles. The van der Waals surface area contributed by atoms with Crippen molar-refractivity contribution in [1.29, 1.82) is 0 Å². The third kappa shape index (κ3) is 4.28. The van der Waals surface area contributed by atoms with Crippen LogP contribution in [0, 0.1) is 13.8 Å². The molecule has 0 bridgehead atoms. The number of nitrogens with zero attached hydrogens (tertiary/aromatic N) is 2. The fourth-order valence-electron chi connectivity index (χ4n) is 2.48. The van der Waals surface area contributed by atoms with Crippen molar-refractivity contribution < 1.29 is 14.3 Å². The van der Waals surface area contributed by atoms with E-state index in [2.05, 4.69) is 10.3 Å². The van der Waals surface area contributed by atoms with Gasteiger partial charge in [-0.2, -0.15) is 0 Å². The van der Waals surface area contributed by atoms with Gasteiger partial charge < -0.3 is 15.0 Å². The van der Waals surface area contributed by atoms with Crippen molar-refractivity contribution in [3.63, 3.8) is 0 Å². The highest BCUT2D eigenvalue weighted by Crippen LogP contribution is 2.34. The first-order valence-electron chi connectivity index (χ1n) is 8.41. The Kier molecular flexibility index (Phi) is 5.48. The van der Waals surface area contributed by atoms with Gasteiger partial charge in [-0.3, -0.25) is 4.79 Å². The Morgan fingerprint density at radius 2 is 1.93 bits per heavy atom. The van der Waals surface area contributed by atoms with E-state index in [1.165, 1.54) is 22.7 Å². The zero-order chi connectivity index (χ0) is 19.7. The molecule has 0 aliphatic rings. The van der Waals surface area contributed by atoms with Crippen LogP contribution >= 0.6 is 22.7 Å². The zero-order valence-electron chi connectivity index (χ0n) is 15.8. The molecule has 142 valence electrons. The van der Waals surface area contributed by atoms with Crippen molar-refractivity contribution in [2.45, 2.75) is 26.9 Å². The Morgan fingerprint density at radius 1 is 1.19 bits per heavy atom. The monoisotopic (exact) mass is 403 g/mol. The topological polar surface area (TPSA) is 71.5 Å². The molecule has 2 heterocycles. The maximum atomic E-state index is 12.4. The van der Waals surface area contributed by atoms with E-state index in [-0.39, 0.29) is 5.91 Å². The van der Waals surface area contributed by atoms with E-state index >= 15 is 0 Å². The maximum Gasteiger partial charge on any atom is 0.349 e. The number of aryl methyl sites for hydroxylation is 2. The number of benzene rings is 1. The number of anilines is 2. The van der Waals surface area contributed by atoms with Gasteiger partial charge in [0, 0.05) is 19.8 Å². The summed E-state index contributed by atoms with van der Waals surface area (Å²) < 4.78 is 6.27. The number of carbonyl (C=O) groups is 2. The summed E-state index contributed by atoms with van der Waals surface area (Å²) in [5, 5.41) is 3.69. The van der Waals surface area contributed by atoms with E-state index in [1.807, 2.05) is 51.0 Å². The number of aromatic nitrogens is 1. The lowest BCUT2D eigenvalue weighted by molar-refractivity contribution is -0.123. The van der Waals surface area contributed by atoms with Gasteiger partial charge in [0.2, 0.25) is 0 Å². The highest BCUT2D eigenvalue weighted by molar-refractivity contribution is 7.29. The van der Waals surface area contributed by atoms with E-state index < -0.39 is 12.1 Å². The van der Waals surface area contributed by atoms with Crippen molar-refractivity contribution >= 4 is 54.9 Å². The summed E-state index contributed by atoms with van der Waals surface area (Å²) in [6.07, 6.45) is -0.899. The molecule has 1 atom stereocenters. The van der Waals surface area contributed by atoms with Crippen LogP contribution in [0.1, 0.15) is 27.7 Å². The average molecular weight is 404 g/mol. The van der Waals surface area contributed by atoms with Crippen LogP contribution < -0.4 is 10.2 Å². The minimum absolute atomic E-state index is 0.360. The van der Waals surface area contributed by atoms with E-state index in [1.54, 1.807) is 13.0 Å². The van der Waals surface area contributed by atoms with Crippen molar-refractivity contribution in [3.05, 3.63) is 40.3 Å². The van der Waals surface area contributed by atoms with Crippen LogP contribution in [0.3, 0.4) is 0 Å². The molecule has 3 rings (SSSR count). The molecule has 1 amide bonds. The molecule has 0 spiro atoms. The first-order chi connectivity index (χ1) is 12.7. The summed E-state index contributed by atoms with van der Waals surface area (Å²) in [5.41, 5.74) is 2.79. The summed E-state index contributed by atoms with van der Waals surface area (Å²) in [5.74, 6) is -0.874. The highest BCUT2D eigenvalue weighted by Gasteiger charge is 2.22. The predicted octanol–water partition coefficient (Wildman–Crippen LogP) is 4.22. The lowest BCUT2D eigenvalue weighted by atomic mass is 10.1. The molecule has 0 fully saturated rings. The van der Waals surface area contributed by atoms with Gasteiger partial charge in [0.15, 0.2) is 11.2 Å². The second kappa shape index (κ2) is 7.66. The Balaban J connectivity index is 1.65. The summed E-state index contributed by atoms with van der Waals surface area (Å²) in [7, 11) is 3.85. The van der Waals surface area contributed by atoms with Crippen LogP contribution in [-0.4, -0.2) is 37.1 Å².